The number of benzene rings is 2. The molecular formula is C18H22FNO. The summed E-state index contributed by atoms with van der Waals surface area (Å²) in [5.74, 6) is 0.704. The van der Waals surface area contributed by atoms with Gasteiger partial charge in [-0.05, 0) is 61.7 Å². The van der Waals surface area contributed by atoms with Gasteiger partial charge in [0, 0.05) is 6.04 Å². The van der Waals surface area contributed by atoms with Crippen molar-refractivity contribution in [2.45, 2.75) is 25.8 Å². The molecule has 0 aliphatic rings. The van der Waals surface area contributed by atoms with Gasteiger partial charge in [-0.3, -0.25) is 0 Å². The first kappa shape index (κ1) is 15.5. The Balaban J connectivity index is 1.73. The minimum absolute atomic E-state index is 0.181. The SMILES string of the molecule is COc1ccc(CC(C)NCCc2ccc(F)cc2)cc1. The van der Waals surface area contributed by atoms with E-state index in [9.17, 15) is 4.39 Å². The van der Waals surface area contributed by atoms with Gasteiger partial charge < -0.3 is 10.1 Å². The topological polar surface area (TPSA) is 21.3 Å². The third kappa shape index (κ3) is 5.20. The molecule has 2 aromatic carbocycles. The van der Waals surface area contributed by atoms with Crippen LogP contribution < -0.4 is 10.1 Å². The van der Waals surface area contributed by atoms with E-state index < -0.39 is 0 Å². The van der Waals surface area contributed by atoms with E-state index in [4.69, 9.17) is 4.74 Å². The highest BCUT2D eigenvalue weighted by Crippen LogP contribution is 2.12. The van der Waals surface area contributed by atoms with E-state index in [1.807, 2.05) is 24.3 Å². The van der Waals surface area contributed by atoms with Crippen molar-refractivity contribution in [2.75, 3.05) is 13.7 Å². The standard InChI is InChI=1S/C18H22FNO/c1-14(13-16-5-9-18(21-2)10-6-16)20-12-11-15-3-7-17(19)8-4-15/h3-10,14,20H,11-13H2,1-2H3. The highest BCUT2D eigenvalue weighted by molar-refractivity contribution is 5.27. The first-order chi connectivity index (χ1) is 10.2. The normalized spacial score (nSPS) is 12.1. The summed E-state index contributed by atoms with van der Waals surface area (Å²) in [7, 11) is 1.68. The van der Waals surface area contributed by atoms with Crippen LogP contribution in [0.1, 0.15) is 18.1 Å². The molecule has 0 aliphatic heterocycles. The lowest BCUT2D eigenvalue weighted by atomic mass is 10.1. The third-order valence-corrected chi connectivity index (χ3v) is 3.52. The second-order valence-corrected chi connectivity index (χ2v) is 5.28. The second-order valence-electron chi connectivity index (χ2n) is 5.28. The molecule has 0 amide bonds. The summed E-state index contributed by atoms with van der Waals surface area (Å²) in [6.07, 6.45) is 1.89. The molecule has 0 radical (unpaired) electrons. The first-order valence-corrected chi connectivity index (χ1v) is 7.28. The molecule has 112 valence electrons. The van der Waals surface area contributed by atoms with Crippen molar-refractivity contribution in [2.24, 2.45) is 0 Å². The lowest BCUT2D eigenvalue weighted by Gasteiger charge is -2.14. The summed E-state index contributed by atoms with van der Waals surface area (Å²) < 4.78 is 18.0. The molecule has 0 saturated carbocycles. The Morgan fingerprint density at radius 2 is 1.62 bits per heavy atom. The number of hydrogen-bond acceptors (Lipinski definition) is 2. The zero-order valence-corrected chi connectivity index (χ0v) is 12.6. The van der Waals surface area contributed by atoms with Gasteiger partial charge in [-0.1, -0.05) is 24.3 Å². The van der Waals surface area contributed by atoms with E-state index in [1.54, 1.807) is 7.11 Å². The maximum Gasteiger partial charge on any atom is 0.123 e. The predicted molar refractivity (Wildman–Crippen MR) is 84.3 cm³/mol. The van der Waals surface area contributed by atoms with Crippen LogP contribution in [0.25, 0.3) is 0 Å². The van der Waals surface area contributed by atoms with Crippen LogP contribution in [0, 0.1) is 5.82 Å². The molecule has 0 saturated heterocycles. The molecule has 2 aromatic rings. The van der Waals surface area contributed by atoms with Crippen LogP contribution in [0.15, 0.2) is 48.5 Å². The van der Waals surface area contributed by atoms with Crippen LogP contribution in [0.4, 0.5) is 4.39 Å². The minimum atomic E-state index is -0.181. The molecule has 21 heavy (non-hydrogen) atoms. The predicted octanol–water partition coefficient (Wildman–Crippen LogP) is 3.60. The van der Waals surface area contributed by atoms with E-state index in [0.717, 1.165) is 30.7 Å². The molecule has 0 fully saturated rings. The van der Waals surface area contributed by atoms with Crippen molar-refractivity contribution < 1.29 is 9.13 Å². The van der Waals surface area contributed by atoms with Crippen molar-refractivity contribution in [3.63, 3.8) is 0 Å². The second kappa shape index (κ2) is 7.79. The number of ether oxygens (including phenoxy) is 1. The molecule has 0 aromatic heterocycles. The van der Waals surface area contributed by atoms with Crippen LogP contribution >= 0.6 is 0 Å². The molecule has 1 unspecified atom stereocenters. The molecule has 2 rings (SSSR count). The molecule has 2 nitrogen and oxygen atoms in total. The van der Waals surface area contributed by atoms with Gasteiger partial charge in [0.1, 0.15) is 11.6 Å². The molecule has 1 atom stereocenters. The van der Waals surface area contributed by atoms with Gasteiger partial charge >= 0.3 is 0 Å². The van der Waals surface area contributed by atoms with E-state index in [2.05, 4.69) is 24.4 Å². The maximum atomic E-state index is 12.8. The fourth-order valence-electron chi connectivity index (χ4n) is 2.30. The average molecular weight is 287 g/mol. The van der Waals surface area contributed by atoms with Gasteiger partial charge in [-0.2, -0.15) is 0 Å². The van der Waals surface area contributed by atoms with Crippen molar-refractivity contribution in [1.82, 2.24) is 5.32 Å². The smallest absolute Gasteiger partial charge is 0.123 e. The zero-order chi connectivity index (χ0) is 15.1. The fraction of sp³-hybridized carbons (Fsp3) is 0.333. The van der Waals surface area contributed by atoms with Crippen molar-refractivity contribution >= 4 is 0 Å². The fourth-order valence-corrected chi connectivity index (χ4v) is 2.30. The molecule has 1 N–H and O–H groups in total. The Morgan fingerprint density at radius 3 is 2.24 bits per heavy atom. The van der Waals surface area contributed by atoms with E-state index in [1.165, 1.54) is 17.7 Å². The first-order valence-electron chi connectivity index (χ1n) is 7.28. The van der Waals surface area contributed by atoms with Gasteiger partial charge in [-0.25, -0.2) is 4.39 Å². The van der Waals surface area contributed by atoms with Gasteiger partial charge in [-0.15, -0.1) is 0 Å². The Labute approximate surface area is 126 Å². The van der Waals surface area contributed by atoms with Crippen molar-refractivity contribution in [1.29, 1.82) is 0 Å². The number of methoxy groups -OCH3 is 1. The van der Waals surface area contributed by atoms with Gasteiger partial charge in [0.2, 0.25) is 0 Å². The quantitative estimate of drug-likeness (QED) is 0.840. The number of nitrogens with one attached hydrogen (secondary N) is 1. The zero-order valence-electron chi connectivity index (χ0n) is 12.6. The van der Waals surface area contributed by atoms with Crippen LogP contribution in [0.5, 0.6) is 5.75 Å². The van der Waals surface area contributed by atoms with Crippen LogP contribution in [-0.2, 0) is 12.8 Å². The Morgan fingerprint density at radius 1 is 1.00 bits per heavy atom. The van der Waals surface area contributed by atoms with Gasteiger partial charge in [0.25, 0.3) is 0 Å². The summed E-state index contributed by atoms with van der Waals surface area (Å²) in [6.45, 7) is 3.07. The Kier molecular flexibility index (Phi) is 5.76. The number of halogens is 1. The third-order valence-electron chi connectivity index (χ3n) is 3.52. The minimum Gasteiger partial charge on any atom is -0.497 e. The molecule has 0 aliphatic carbocycles. The highest BCUT2D eigenvalue weighted by atomic mass is 19.1. The summed E-state index contributed by atoms with van der Waals surface area (Å²) in [5.41, 5.74) is 2.44. The monoisotopic (exact) mass is 287 g/mol. The number of rotatable bonds is 7. The largest absolute Gasteiger partial charge is 0.497 e. The van der Waals surface area contributed by atoms with Crippen molar-refractivity contribution in [3.05, 3.63) is 65.5 Å². The van der Waals surface area contributed by atoms with Gasteiger partial charge in [0.15, 0.2) is 0 Å². The Bertz CT molecular complexity index is 536. The summed E-state index contributed by atoms with van der Waals surface area (Å²) in [5, 5.41) is 3.50. The molecular weight excluding hydrogens is 265 g/mol. The molecule has 0 bridgehead atoms. The summed E-state index contributed by atoms with van der Waals surface area (Å²) >= 11 is 0. The number of hydrogen-bond donors (Lipinski definition) is 1. The summed E-state index contributed by atoms with van der Waals surface area (Å²) in [4.78, 5) is 0. The molecule has 0 spiro atoms. The van der Waals surface area contributed by atoms with Crippen LogP contribution in [-0.4, -0.2) is 19.7 Å². The van der Waals surface area contributed by atoms with Crippen LogP contribution in [0.2, 0.25) is 0 Å². The van der Waals surface area contributed by atoms with E-state index >= 15 is 0 Å². The maximum absolute atomic E-state index is 12.8. The van der Waals surface area contributed by atoms with E-state index in [-0.39, 0.29) is 5.82 Å². The average Bonchev–Trinajstić information content (AvgIpc) is 2.50. The van der Waals surface area contributed by atoms with E-state index in [0.29, 0.717) is 6.04 Å². The lowest BCUT2D eigenvalue weighted by molar-refractivity contribution is 0.414. The Hall–Kier alpha value is -1.87. The lowest BCUT2D eigenvalue weighted by Crippen LogP contribution is -2.29. The van der Waals surface area contributed by atoms with Crippen molar-refractivity contribution in [3.8, 4) is 5.75 Å². The highest BCUT2D eigenvalue weighted by Gasteiger charge is 2.03. The van der Waals surface area contributed by atoms with Crippen LogP contribution in [0.3, 0.4) is 0 Å². The molecule has 0 heterocycles. The van der Waals surface area contributed by atoms with Gasteiger partial charge in [0.05, 0.1) is 7.11 Å². The summed E-state index contributed by atoms with van der Waals surface area (Å²) in [6, 6.07) is 15.3. The molecule has 3 heteroatoms.